The number of anilines is 1. The third kappa shape index (κ3) is 2.86. The van der Waals surface area contributed by atoms with Gasteiger partial charge in [-0.15, -0.1) is 0 Å². The van der Waals surface area contributed by atoms with Crippen LogP contribution in [0.1, 0.15) is 16.1 Å². The minimum absolute atomic E-state index is 0.113. The van der Waals surface area contributed by atoms with Gasteiger partial charge in [-0.3, -0.25) is 9.78 Å². The van der Waals surface area contributed by atoms with E-state index in [9.17, 15) is 9.18 Å². The van der Waals surface area contributed by atoms with Crippen LogP contribution >= 0.6 is 0 Å². The summed E-state index contributed by atoms with van der Waals surface area (Å²) in [5.41, 5.74) is 5.60. The molecule has 0 spiro atoms. The molecular weight excluding hydrogens is 265 g/mol. The molecule has 0 radical (unpaired) electrons. The Hall–Kier alpha value is -3.03. The smallest absolute Gasteiger partial charge is 0.275 e. The quantitative estimate of drug-likeness (QED) is 0.334. The van der Waals surface area contributed by atoms with Gasteiger partial charge in [-0.05, 0) is 18.2 Å². The molecule has 0 saturated carbocycles. The highest BCUT2D eigenvalue weighted by atomic mass is 19.1. The van der Waals surface area contributed by atoms with Crippen LogP contribution < -0.4 is 11.1 Å². The van der Waals surface area contributed by atoms with Crippen LogP contribution in [0.4, 0.5) is 10.1 Å². The molecule has 4 N–H and O–H groups in total. The summed E-state index contributed by atoms with van der Waals surface area (Å²) < 4.78 is 13.5. The number of benzene rings is 1. The number of oxime groups is 1. The lowest BCUT2D eigenvalue weighted by Gasteiger charge is -2.07. The molecule has 1 aromatic carbocycles. The van der Waals surface area contributed by atoms with Crippen LogP contribution in [0.25, 0.3) is 0 Å². The first-order valence-corrected chi connectivity index (χ1v) is 5.46. The van der Waals surface area contributed by atoms with Crippen LogP contribution in [0.15, 0.2) is 41.9 Å². The highest BCUT2D eigenvalue weighted by molar-refractivity contribution is 6.04. The van der Waals surface area contributed by atoms with Crippen molar-refractivity contribution in [2.45, 2.75) is 0 Å². The number of amidine groups is 1. The van der Waals surface area contributed by atoms with Crippen LogP contribution in [0.5, 0.6) is 0 Å². The van der Waals surface area contributed by atoms with Crippen LogP contribution in [0.2, 0.25) is 0 Å². The van der Waals surface area contributed by atoms with Crippen LogP contribution in [0, 0.1) is 5.82 Å². The maximum absolute atomic E-state index is 13.5. The summed E-state index contributed by atoms with van der Waals surface area (Å²) in [6, 6.07) is 3.69. The molecule has 0 aliphatic heterocycles. The van der Waals surface area contributed by atoms with E-state index in [0.717, 1.165) is 6.07 Å². The number of hydrogen-bond donors (Lipinski definition) is 3. The summed E-state index contributed by atoms with van der Waals surface area (Å²) in [7, 11) is 0. The van der Waals surface area contributed by atoms with E-state index in [-0.39, 0.29) is 16.9 Å². The van der Waals surface area contributed by atoms with Crippen molar-refractivity contribution >= 4 is 17.4 Å². The number of hydrogen-bond acceptors (Lipinski definition) is 5. The van der Waals surface area contributed by atoms with Crippen molar-refractivity contribution in [3.05, 3.63) is 53.9 Å². The van der Waals surface area contributed by atoms with E-state index in [0.29, 0.717) is 0 Å². The van der Waals surface area contributed by atoms with Crippen molar-refractivity contribution in [2.24, 2.45) is 10.9 Å². The maximum atomic E-state index is 13.5. The second-order valence-electron chi connectivity index (χ2n) is 3.72. The summed E-state index contributed by atoms with van der Waals surface area (Å²) in [4.78, 5) is 19.4. The predicted octanol–water partition coefficient (Wildman–Crippen LogP) is 0.962. The summed E-state index contributed by atoms with van der Waals surface area (Å²) in [6.45, 7) is 0. The fraction of sp³-hybridized carbons (Fsp3) is 0. The Morgan fingerprint density at radius 1 is 1.40 bits per heavy atom. The number of carbonyl (C=O) groups excluding carboxylic acids is 1. The molecule has 1 amide bonds. The Labute approximate surface area is 113 Å². The van der Waals surface area contributed by atoms with E-state index in [1.165, 1.54) is 30.7 Å². The minimum atomic E-state index is -0.669. The third-order valence-corrected chi connectivity index (χ3v) is 2.40. The molecule has 20 heavy (non-hydrogen) atoms. The summed E-state index contributed by atoms with van der Waals surface area (Å²) >= 11 is 0. The molecule has 102 valence electrons. The second-order valence-corrected chi connectivity index (χ2v) is 3.72. The fourth-order valence-electron chi connectivity index (χ4n) is 1.46. The monoisotopic (exact) mass is 275 g/mol. The number of rotatable bonds is 3. The Kier molecular flexibility index (Phi) is 3.85. The van der Waals surface area contributed by atoms with Crippen molar-refractivity contribution in [1.29, 1.82) is 0 Å². The second kappa shape index (κ2) is 5.74. The highest BCUT2D eigenvalue weighted by Crippen LogP contribution is 2.15. The molecule has 0 fully saturated rings. The fourth-order valence-corrected chi connectivity index (χ4v) is 1.46. The topological polar surface area (TPSA) is 113 Å². The van der Waals surface area contributed by atoms with E-state index >= 15 is 0 Å². The Bertz CT molecular complexity index is 660. The Morgan fingerprint density at radius 3 is 2.85 bits per heavy atom. The molecule has 0 saturated heterocycles. The SMILES string of the molecule is NC(=NO)c1cc(NC(=O)c2cnccn2)ccc1F. The zero-order chi connectivity index (χ0) is 14.5. The molecule has 0 bridgehead atoms. The molecule has 1 aromatic heterocycles. The maximum Gasteiger partial charge on any atom is 0.275 e. The first-order chi connectivity index (χ1) is 9.61. The number of nitrogens with one attached hydrogen (secondary N) is 1. The average Bonchev–Trinajstić information content (AvgIpc) is 2.49. The van der Waals surface area contributed by atoms with Gasteiger partial charge in [-0.2, -0.15) is 0 Å². The van der Waals surface area contributed by atoms with Gasteiger partial charge in [0, 0.05) is 18.1 Å². The average molecular weight is 275 g/mol. The third-order valence-electron chi connectivity index (χ3n) is 2.40. The first-order valence-electron chi connectivity index (χ1n) is 5.46. The normalized spacial score (nSPS) is 11.2. The zero-order valence-corrected chi connectivity index (χ0v) is 10.1. The Balaban J connectivity index is 2.25. The number of halogens is 1. The zero-order valence-electron chi connectivity index (χ0n) is 10.1. The summed E-state index contributed by atoms with van der Waals surface area (Å²) in [5, 5.41) is 13.8. The number of nitrogens with two attached hydrogens (primary N) is 1. The van der Waals surface area contributed by atoms with Gasteiger partial charge in [-0.25, -0.2) is 9.37 Å². The van der Waals surface area contributed by atoms with Gasteiger partial charge in [0.05, 0.1) is 11.8 Å². The standard InChI is InChI=1S/C12H10FN5O2/c13-9-2-1-7(5-8(9)11(14)18-20)17-12(19)10-6-15-3-4-16-10/h1-6,20H,(H2,14,18)(H,17,19). The Morgan fingerprint density at radius 2 is 2.20 bits per heavy atom. The largest absolute Gasteiger partial charge is 0.409 e. The highest BCUT2D eigenvalue weighted by Gasteiger charge is 2.11. The predicted molar refractivity (Wildman–Crippen MR) is 68.9 cm³/mol. The lowest BCUT2D eigenvalue weighted by atomic mass is 10.1. The molecule has 2 rings (SSSR count). The van der Waals surface area contributed by atoms with Gasteiger partial charge in [-0.1, -0.05) is 5.16 Å². The summed E-state index contributed by atoms with van der Waals surface area (Å²) in [6.07, 6.45) is 4.11. The minimum Gasteiger partial charge on any atom is -0.409 e. The van der Waals surface area contributed by atoms with Crippen molar-refractivity contribution in [1.82, 2.24) is 9.97 Å². The number of nitrogens with zero attached hydrogens (tertiary/aromatic N) is 3. The van der Waals surface area contributed by atoms with Crippen molar-refractivity contribution in [3.8, 4) is 0 Å². The molecule has 2 aromatic rings. The van der Waals surface area contributed by atoms with Crippen LogP contribution in [-0.4, -0.2) is 26.9 Å². The first kappa shape index (κ1) is 13.4. The van der Waals surface area contributed by atoms with E-state index < -0.39 is 17.6 Å². The van der Waals surface area contributed by atoms with Crippen molar-refractivity contribution < 1.29 is 14.4 Å². The van der Waals surface area contributed by atoms with Crippen LogP contribution in [-0.2, 0) is 0 Å². The molecular formula is C12H10FN5O2. The van der Waals surface area contributed by atoms with E-state index in [1.54, 1.807) is 0 Å². The molecule has 0 atom stereocenters. The van der Waals surface area contributed by atoms with E-state index in [4.69, 9.17) is 10.9 Å². The lowest BCUT2D eigenvalue weighted by molar-refractivity contribution is 0.102. The number of amides is 1. The van der Waals surface area contributed by atoms with Gasteiger partial charge in [0.15, 0.2) is 5.84 Å². The van der Waals surface area contributed by atoms with Gasteiger partial charge in [0.2, 0.25) is 0 Å². The lowest BCUT2D eigenvalue weighted by Crippen LogP contribution is -2.17. The van der Waals surface area contributed by atoms with E-state index in [1.807, 2.05) is 0 Å². The number of carbonyl (C=O) groups is 1. The number of aromatic nitrogens is 2. The van der Waals surface area contributed by atoms with Gasteiger partial charge < -0.3 is 16.3 Å². The molecule has 8 heteroatoms. The van der Waals surface area contributed by atoms with Gasteiger partial charge in [0.1, 0.15) is 11.5 Å². The van der Waals surface area contributed by atoms with Gasteiger partial charge >= 0.3 is 0 Å². The molecule has 0 aliphatic rings. The molecule has 7 nitrogen and oxygen atoms in total. The van der Waals surface area contributed by atoms with E-state index in [2.05, 4.69) is 20.4 Å². The van der Waals surface area contributed by atoms with Crippen molar-refractivity contribution in [3.63, 3.8) is 0 Å². The molecule has 1 heterocycles. The molecule has 0 unspecified atom stereocenters. The van der Waals surface area contributed by atoms with Gasteiger partial charge in [0.25, 0.3) is 5.91 Å². The van der Waals surface area contributed by atoms with Crippen LogP contribution in [0.3, 0.4) is 0 Å². The summed E-state index contributed by atoms with van der Waals surface area (Å²) in [5.74, 6) is -1.56. The van der Waals surface area contributed by atoms with Crippen molar-refractivity contribution in [2.75, 3.05) is 5.32 Å². The molecule has 0 aliphatic carbocycles.